The first-order valence-electron chi connectivity index (χ1n) is 5.23. The normalized spacial score (nSPS) is 10.5. The number of amidine groups is 1. The number of benzene rings is 1. The predicted octanol–water partition coefficient (Wildman–Crippen LogP) is 1.29. The van der Waals surface area contributed by atoms with Crippen molar-refractivity contribution in [1.29, 1.82) is 5.26 Å². The third-order valence-corrected chi connectivity index (χ3v) is 2.21. The molecular formula is C12H12FN3O3. The van der Waals surface area contributed by atoms with Gasteiger partial charge in [0.1, 0.15) is 12.4 Å². The Morgan fingerprint density at radius 1 is 1.37 bits per heavy atom. The predicted molar refractivity (Wildman–Crippen MR) is 65.8 cm³/mol. The zero-order valence-corrected chi connectivity index (χ0v) is 10.5. The molecule has 0 spiro atoms. The van der Waals surface area contributed by atoms with Gasteiger partial charge in [0.05, 0.1) is 14.2 Å². The molecule has 0 radical (unpaired) electrons. The third kappa shape index (κ3) is 3.96. The van der Waals surface area contributed by atoms with E-state index < -0.39 is 11.8 Å². The molecule has 0 saturated carbocycles. The molecule has 100 valence electrons. The molecule has 0 amide bonds. The minimum Gasteiger partial charge on any atom is -0.468 e. The van der Waals surface area contributed by atoms with Crippen LogP contribution in [0.4, 0.5) is 10.1 Å². The van der Waals surface area contributed by atoms with Crippen molar-refractivity contribution in [1.82, 2.24) is 0 Å². The number of nitriles is 1. The van der Waals surface area contributed by atoms with Gasteiger partial charge in [-0.05, 0) is 24.3 Å². The number of carbonyl (C=O) groups is 1. The number of rotatable bonds is 3. The second-order valence-corrected chi connectivity index (χ2v) is 3.34. The van der Waals surface area contributed by atoms with E-state index in [1.54, 1.807) is 6.19 Å². The van der Waals surface area contributed by atoms with Crippen molar-refractivity contribution in [3.8, 4) is 6.19 Å². The Bertz CT molecular complexity index is 508. The van der Waals surface area contributed by atoms with Crippen LogP contribution in [0.25, 0.3) is 0 Å². The summed E-state index contributed by atoms with van der Waals surface area (Å²) in [6.07, 6.45) is 1.57. The van der Waals surface area contributed by atoms with Crippen LogP contribution in [0.3, 0.4) is 0 Å². The topological polar surface area (TPSA) is 74.9 Å². The Kier molecular flexibility index (Phi) is 5.29. The molecule has 0 aliphatic heterocycles. The fourth-order valence-corrected chi connectivity index (χ4v) is 1.34. The van der Waals surface area contributed by atoms with Crippen molar-refractivity contribution in [2.45, 2.75) is 0 Å². The minimum atomic E-state index is -0.549. The summed E-state index contributed by atoms with van der Waals surface area (Å²) in [7, 11) is 2.54. The van der Waals surface area contributed by atoms with Gasteiger partial charge in [0.2, 0.25) is 6.19 Å². The highest BCUT2D eigenvalue weighted by Gasteiger charge is 2.18. The van der Waals surface area contributed by atoms with E-state index in [4.69, 9.17) is 10.00 Å². The van der Waals surface area contributed by atoms with Crippen LogP contribution in [0.1, 0.15) is 0 Å². The second kappa shape index (κ2) is 6.96. The Morgan fingerprint density at radius 2 is 2.00 bits per heavy atom. The quantitative estimate of drug-likeness (QED) is 0.356. The van der Waals surface area contributed by atoms with Gasteiger partial charge in [-0.15, -0.1) is 4.99 Å². The molecule has 0 N–H and O–H groups in total. The number of methoxy groups -OCH3 is 2. The van der Waals surface area contributed by atoms with Gasteiger partial charge in [0.15, 0.2) is 0 Å². The average molecular weight is 265 g/mol. The highest BCUT2D eigenvalue weighted by atomic mass is 19.1. The SMILES string of the molecule is COC(=O)CN(/C(=N/C#N)OC)c1ccc(F)cc1. The largest absolute Gasteiger partial charge is 0.468 e. The van der Waals surface area contributed by atoms with Crippen LogP contribution in [-0.4, -0.2) is 32.8 Å². The van der Waals surface area contributed by atoms with Crippen molar-refractivity contribution in [3.05, 3.63) is 30.1 Å². The highest BCUT2D eigenvalue weighted by molar-refractivity contribution is 5.96. The first-order chi connectivity index (χ1) is 9.12. The minimum absolute atomic E-state index is 0.0838. The van der Waals surface area contributed by atoms with Gasteiger partial charge in [-0.1, -0.05) is 0 Å². The number of esters is 1. The maximum absolute atomic E-state index is 12.9. The van der Waals surface area contributed by atoms with Gasteiger partial charge in [-0.3, -0.25) is 9.69 Å². The number of ether oxygens (including phenoxy) is 2. The number of halogens is 1. The molecule has 0 aliphatic rings. The molecule has 0 aromatic heterocycles. The summed E-state index contributed by atoms with van der Waals surface area (Å²) in [4.78, 5) is 16.1. The zero-order valence-electron chi connectivity index (χ0n) is 10.5. The van der Waals surface area contributed by atoms with Crippen LogP contribution >= 0.6 is 0 Å². The molecule has 0 bridgehead atoms. The molecule has 0 unspecified atom stereocenters. The Hall–Kier alpha value is -2.62. The van der Waals surface area contributed by atoms with Crippen molar-refractivity contribution in [2.75, 3.05) is 25.7 Å². The maximum Gasteiger partial charge on any atom is 0.325 e. The monoisotopic (exact) mass is 265 g/mol. The molecule has 0 saturated heterocycles. The standard InChI is InChI=1S/C12H12FN3O3/c1-18-11(17)7-16(12(19-2)15-8-14)10-5-3-9(13)4-6-10/h3-6H,7H2,1-2H3/b15-12-. The number of anilines is 1. The summed E-state index contributed by atoms with van der Waals surface area (Å²) in [6, 6.07) is 5.23. The fourth-order valence-electron chi connectivity index (χ4n) is 1.34. The molecule has 0 heterocycles. The van der Waals surface area contributed by atoms with Crippen LogP contribution in [0.5, 0.6) is 0 Å². The third-order valence-electron chi connectivity index (χ3n) is 2.21. The molecule has 1 rings (SSSR count). The smallest absolute Gasteiger partial charge is 0.325 e. The van der Waals surface area contributed by atoms with Gasteiger partial charge in [0, 0.05) is 5.69 Å². The first-order valence-corrected chi connectivity index (χ1v) is 5.23. The van der Waals surface area contributed by atoms with E-state index in [1.165, 1.54) is 43.4 Å². The van der Waals surface area contributed by atoms with Crippen molar-refractivity contribution in [2.24, 2.45) is 4.99 Å². The highest BCUT2D eigenvalue weighted by Crippen LogP contribution is 2.16. The van der Waals surface area contributed by atoms with E-state index in [0.717, 1.165) is 0 Å². The number of hydrogen-bond donors (Lipinski definition) is 0. The van der Waals surface area contributed by atoms with Crippen molar-refractivity contribution in [3.63, 3.8) is 0 Å². The summed E-state index contributed by atoms with van der Waals surface area (Å²) < 4.78 is 22.4. The summed E-state index contributed by atoms with van der Waals surface area (Å²) in [5, 5.41) is 8.58. The molecule has 0 atom stereocenters. The first kappa shape index (κ1) is 14.4. The lowest BCUT2D eigenvalue weighted by molar-refractivity contribution is -0.138. The molecule has 19 heavy (non-hydrogen) atoms. The number of hydrogen-bond acceptors (Lipinski definition) is 5. The summed E-state index contributed by atoms with van der Waals surface area (Å²) in [5.41, 5.74) is 0.447. The van der Waals surface area contributed by atoms with Gasteiger partial charge in [0.25, 0.3) is 0 Å². The Morgan fingerprint density at radius 3 is 2.47 bits per heavy atom. The van der Waals surface area contributed by atoms with Gasteiger partial charge < -0.3 is 9.47 Å². The zero-order chi connectivity index (χ0) is 14.3. The van der Waals surface area contributed by atoms with E-state index >= 15 is 0 Å². The summed E-state index contributed by atoms with van der Waals surface area (Å²) in [5.74, 6) is -0.968. The maximum atomic E-state index is 12.9. The van der Waals surface area contributed by atoms with E-state index in [-0.39, 0.29) is 12.6 Å². The van der Waals surface area contributed by atoms with Crippen LogP contribution in [0.15, 0.2) is 29.3 Å². The Labute approximate surface area is 109 Å². The number of carbonyl (C=O) groups excluding carboxylic acids is 1. The Balaban J connectivity index is 3.11. The number of nitrogens with zero attached hydrogens (tertiary/aromatic N) is 3. The molecule has 1 aromatic rings. The molecular weight excluding hydrogens is 253 g/mol. The fraction of sp³-hybridized carbons (Fsp3) is 0.250. The lowest BCUT2D eigenvalue weighted by Crippen LogP contribution is -2.37. The van der Waals surface area contributed by atoms with Crippen LogP contribution in [0, 0.1) is 17.3 Å². The van der Waals surface area contributed by atoms with E-state index in [1.807, 2.05) is 0 Å². The van der Waals surface area contributed by atoms with Crippen molar-refractivity contribution >= 4 is 17.7 Å². The second-order valence-electron chi connectivity index (χ2n) is 3.34. The molecule has 7 heteroatoms. The van der Waals surface area contributed by atoms with Crippen molar-refractivity contribution < 1.29 is 18.7 Å². The van der Waals surface area contributed by atoms with Gasteiger partial charge in [-0.25, -0.2) is 4.39 Å². The van der Waals surface area contributed by atoms with E-state index in [9.17, 15) is 9.18 Å². The summed E-state index contributed by atoms with van der Waals surface area (Å²) in [6.45, 7) is -0.212. The van der Waals surface area contributed by atoms with Crippen LogP contribution in [0.2, 0.25) is 0 Å². The van der Waals surface area contributed by atoms with E-state index in [2.05, 4.69) is 9.73 Å². The lowest BCUT2D eigenvalue weighted by atomic mass is 10.3. The van der Waals surface area contributed by atoms with Crippen LogP contribution in [-0.2, 0) is 14.3 Å². The molecule has 6 nitrogen and oxygen atoms in total. The summed E-state index contributed by atoms with van der Waals surface area (Å²) >= 11 is 0. The lowest BCUT2D eigenvalue weighted by Gasteiger charge is -2.22. The average Bonchev–Trinajstić information content (AvgIpc) is 2.43. The van der Waals surface area contributed by atoms with Crippen LogP contribution < -0.4 is 4.90 Å². The van der Waals surface area contributed by atoms with E-state index in [0.29, 0.717) is 5.69 Å². The molecule has 1 aromatic carbocycles. The molecule has 0 fully saturated rings. The molecule has 0 aliphatic carbocycles. The number of aliphatic imine (C=N–C) groups is 1. The van der Waals surface area contributed by atoms with Gasteiger partial charge in [-0.2, -0.15) is 5.26 Å². The van der Waals surface area contributed by atoms with Gasteiger partial charge >= 0.3 is 12.0 Å².